The van der Waals surface area contributed by atoms with Crippen LogP contribution in [0.25, 0.3) is 11.3 Å². The Hall–Kier alpha value is -3.34. The minimum Gasteiger partial charge on any atom is -0.491 e. The average molecular weight is 502 g/mol. The van der Waals surface area contributed by atoms with Gasteiger partial charge in [0.1, 0.15) is 17.3 Å². The monoisotopic (exact) mass is 501 g/mol. The molecule has 0 atom stereocenters. The minimum atomic E-state index is -0.516. The molecule has 1 amide bonds. The van der Waals surface area contributed by atoms with Crippen molar-refractivity contribution in [3.63, 3.8) is 0 Å². The number of nitrogens with one attached hydrogen (secondary N) is 3. The fourth-order valence-corrected chi connectivity index (χ4v) is 3.59. The number of aromatic hydroxyl groups is 1. The Kier molecular flexibility index (Phi) is 9.71. The minimum absolute atomic E-state index is 0.146. The third-order valence-corrected chi connectivity index (χ3v) is 5.39. The number of amides is 1. The van der Waals surface area contributed by atoms with Gasteiger partial charge in [0, 0.05) is 54.6 Å². The molecular weight excluding hydrogens is 473 g/mol. The molecule has 0 aliphatic carbocycles. The number of carbonyl (C=O) groups is 1. The molecule has 3 rings (SSSR count). The quantitative estimate of drug-likeness (QED) is 0.294. The van der Waals surface area contributed by atoms with Gasteiger partial charge in [-0.15, -0.1) is 10.2 Å². The molecule has 186 valence electrons. The molecule has 35 heavy (non-hydrogen) atoms. The van der Waals surface area contributed by atoms with Crippen molar-refractivity contribution in [1.82, 2.24) is 25.4 Å². The molecule has 0 spiro atoms. The summed E-state index contributed by atoms with van der Waals surface area (Å²) in [6.07, 6.45) is 2.88. The van der Waals surface area contributed by atoms with Crippen LogP contribution in [0.15, 0.2) is 42.6 Å². The molecule has 11 heteroatoms. The first-order chi connectivity index (χ1) is 16.9. The smallest absolute Gasteiger partial charge is 0.255 e. The number of hydrogen-bond donors (Lipinski definition) is 4. The van der Waals surface area contributed by atoms with E-state index in [1.54, 1.807) is 12.1 Å². The highest BCUT2D eigenvalue weighted by Gasteiger charge is 2.13. The number of hydrogen-bond acceptors (Lipinski definition) is 8. The third-order valence-electron chi connectivity index (χ3n) is 5.16. The summed E-state index contributed by atoms with van der Waals surface area (Å²) in [6, 6.07) is 8.85. The van der Waals surface area contributed by atoms with Crippen molar-refractivity contribution in [1.29, 1.82) is 0 Å². The summed E-state index contributed by atoms with van der Waals surface area (Å²) in [4.78, 5) is 18.9. The van der Waals surface area contributed by atoms with Gasteiger partial charge in [0.05, 0.1) is 5.69 Å². The van der Waals surface area contributed by atoms with Crippen LogP contribution < -0.4 is 16.0 Å². The maximum atomic E-state index is 14.2. The highest BCUT2D eigenvalue weighted by Crippen LogP contribution is 2.31. The molecule has 4 N–H and O–H groups in total. The summed E-state index contributed by atoms with van der Waals surface area (Å²) >= 11 is 5.98. The van der Waals surface area contributed by atoms with E-state index >= 15 is 0 Å². The predicted molar refractivity (Wildman–Crippen MR) is 136 cm³/mol. The van der Waals surface area contributed by atoms with Gasteiger partial charge in [-0.2, -0.15) is 0 Å². The van der Waals surface area contributed by atoms with Crippen LogP contribution in [-0.4, -0.2) is 64.3 Å². The Morgan fingerprint density at radius 1 is 1.14 bits per heavy atom. The number of likely N-dealkylation sites (N-methyl/N-ethyl adjacent to an activating group) is 1. The van der Waals surface area contributed by atoms with Crippen LogP contribution in [0.5, 0.6) is 5.88 Å². The Morgan fingerprint density at radius 2 is 1.97 bits per heavy atom. The van der Waals surface area contributed by atoms with E-state index in [-0.39, 0.29) is 28.7 Å². The van der Waals surface area contributed by atoms with Crippen LogP contribution in [0.1, 0.15) is 19.8 Å². The van der Waals surface area contributed by atoms with Crippen LogP contribution in [0, 0.1) is 5.82 Å². The third kappa shape index (κ3) is 7.84. The summed E-state index contributed by atoms with van der Waals surface area (Å²) in [5, 5.41) is 27.0. The lowest BCUT2D eigenvalue weighted by Gasteiger charge is -2.21. The van der Waals surface area contributed by atoms with Crippen molar-refractivity contribution >= 4 is 34.7 Å². The van der Waals surface area contributed by atoms with E-state index < -0.39 is 5.82 Å². The topological polar surface area (TPSA) is 115 Å². The van der Waals surface area contributed by atoms with Gasteiger partial charge in [0.15, 0.2) is 0 Å². The van der Waals surface area contributed by atoms with Crippen molar-refractivity contribution < 1.29 is 14.3 Å². The number of rotatable bonds is 12. The molecule has 0 bridgehead atoms. The number of halogens is 2. The second-order valence-corrected chi connectivity index (χ2v) is 8.33. The maximum Gasteiger partial charge on any atom is 0.255 e. The fourth-order valence-electron chi connectivity index (χ4n) is 3.42. The highest BCUT2D eigenvalue weighted by molar-refractivity contribution is 6.30. The van der Waals surface area contributed by atoms with Gasteiger partial charge in [-0.05, 0) is 50.3 Å². The molecule has 0 unspecified atom stereocenters. The van der Waals surface area contributed by atoms with E-state index in [1.165, 1.54) is 30.5 Å². The Balaban J connectivity index is 1.67. The van der Waals surface area contributed by atoms with E-state index in [9.17, 15) is 14.3 Å². The lowest BCUT2D eigenvalue weighted by molar-refractivity contribution is -0.116. The molecule has 0 radical (unpaired) electrons. The van der Waals surface area contributed by atoms with Gasteiger partial charge in [-0.25, -0.2) is 9.37 Å². The molecule has 2 heterocycles. The normalized spacial score (nSPS) is 11.0. The highest BCUT2D eigenvalue weighted by atomic mass is 35.5. The van der Waals surface area contributed by atoms with Crippen LogP contribution in [0.4, 0.5) is 21.6 Å². The first kappa shape index (κ1) is 26.3. The van der Waals surface area contributed by atoms with Gasteiger partial charge in [-0.1, -0.05) is 18.5 Å². The summed E-state index contributed by atoms with van der Waals surface area (Å²) in [7, 11) is 1.90. The molecule has 0 aliphatic rings. The fraction of sp³-hybridized carbons (Fsp3) is 0.333. The van der Waals surface area contributed by atoms with E-state index in [2.05, 4.69) is 43.0 Å². The van der Waals surface area contributed by atoms with Crippen LogP contribution in [0.3, 0.4) is 0 Å². The van der Waals surface area contributed by atoms with Gasteiger partial charge in [0.2, 0.25) is 5.91 Å². The molecule has 0 aliphatic heterocycles. The zero-order valence-corrected chi connectivity index (χ0v) is 20.4. The summed E-state index contributed by atoms with van der Waals surface area (Å²) in [5.74, 6) is -0.666. The molecule has 1 aromatic carbocycles. The standard InChI is InChI=1S/C24H29ClFN7O2/c1-3-10-33(12-9-27-2)11-7-23(34)30-22-14-17(6-8-28-22)29-21-15-20(31-32-24(21)35)18-13-16(25)4-5-19(18)26/h4-6,8,13-15,27H,3,7,9-12H2,1-2H3,(H,32,35)(H2,28,29,30,31,34). The van der Waals surface area contributed by atoms with Gasteiger partial charge >= 0.3 is 0 Å². The molecule has 9 nitrogen and oxygen atoms in total. The zero-order chi connectivity index (χ0) is 25.2. The van der Waals surface area contributed by atoms with Crippen molar-refractivity contribution in [3.8, 4) is 17.1 Å². The lowest BCUT2D eigenvalue weighted by atomic mass is 10.1. The average Bonchev–Trinajstić information content (AvgIpc) is 2.84. The van der Waals surface area contributed by atoms with Crippen molar-refractivity contribution in [2.45, 2.75) is 19.8 Å². The Labute approximate surface area is 208 Å². The number of pyridine rings is 1. The molecule has 0 fully saturated rings. The van der Waals surface area contributed by atoms with Crippen LogP contribution in [0.2, 0.25) is 5.02 Å². The first-order valence-electron chi connectivity index (χ1n) is 11.3. The summed E-state index contributed by atoms with van der Waals surface area (Å²) in [6.45, 7) is 5.42. The van der Waals surface area contributed by atoms with Crippen LogP contribution in [-0.2, 0) is 4.79 Å². The molecular formula is C24H29ClFN7O2. The van der Waals surface area contributed by atoms with E-state index in [1.807, 2.05) is 7.05 Å². The lowest BCUT2D eigenvalue weighted by Crippen LogP contribution is -2.34. The summed E-state index contributed by atoms with van der Waals surface area (Å²) in [5.41, 5.74) is 1.10. The van der Waals surface area contributed by atoms with Crippen molar-refractivity contribution in [2.24, 2.45) is 0 Å². The number of carbonyl (C=O) groups excluding carboxylic acids is 1. The second kappa shape index (κ2) is 12.9. The first-order valence-corrected chi connectivity index (χ1v) is 11.7. The molecule has 0 saturated carbocycles. The van der Waals surface area contributed by atoms with Gasteiger partial charge < -0.3 is 26.0 Å². The molecule has 2 aromatic heterocycles. The second-order valence-electron chi connectivity index (χ2n) is 7.89. The van der Waals surface area contributed by atoms with Crippen molar-refractivity contribution in [2.75, 3.05) is 43.9 Å². The van der Waals surface area contributed by atoms with Gasteiger partial charge in [-0.3, -0.25) is 4.79 Å². The zero-order valence-electron chi connectivity index (χ0n) is 19.7. The largest absolute Gasteiger partial charge is 0.491 e. The number of benzene rings is 1. The number of anilines is 3. The van der Waals surface area contributed by atoms with E-state index in [0.29, 0.717) is 29.5 Å². The molecule has 3 aromatic rings. The predicted octanol–water partition coefficient (Wildman–Crippen LogP) is 4.04. The van der Waals surface area contributed by atoms with E-state index in [4.69, 9.17) is 11.6 Å². The molecule has 0 saturated heterocycles. The van der Waals surface area contributed by atoms with Gasteiger partial charge in [0.25, 0.3) is 5.88 Å². The van der Waals surface area contributed by atoms with Crippen LogP contribution >= 0.6 is 11.6 Å². The maximum absolute atomic E-state index is 14.2. The summed E-state index contributed by atoms with van der Waals surface area (Å²) < 4.78 is 14.2. The number of nitrogens with zero attached hydrogens (tertiary/aromatic N) is 4. The van der Waals surface area contributed by atoms with E-state index in [0.717, 1.165) is 26.1 Å². The Morgan fingerprint density at radius 3 is 2.74 bits per heavy atom. The Bertz CT molecular complexity index is 1150. The number of aromatic nitrogens is 3. The SMILES string of the molecule is CCCN(CCNC)CCC(=O)Nc1cc(Nc2cc(-c3cc(Cl)ccc3F)nnc2O)ccn1. The van der Waals surface area contributed by atoms with Crippen molar-refractivity contribution in [3.05, 3.63) is 53.4 Å².